The zero-order chi connectivity index (χ0) is 16.2. The van der Waals surface area contributed by atoms with Crippen LogP contribution in [0.4, 0.5) is 4.39 Å². The first kappa shape index (κ1) is 15.7. The summed E-state index contributed by atoms with van der Waals surface area (Å²) in [6.45, 7) is 1.27. The molecule has 1 aromatic heterocycles. The van der Waals surface area contributed by atoms with E-state index in [4.69, 9.17) is 0 Å². The van der Waals surface area contributed by atoms with Gasteiger partial charge in [0.1, 0.15) is 5.82 Å². The van der Waals surface area contributed by atoms with Crippen LogP contribution in [0.15, 0.2) is 36.5 Å². The molecule has 3 rings (SSSR count). The number of amides is 1. The lowest BCUT2D eigenvalue weighted by atomic mass is 9.87. The Morgan fingerprint density at radius 1 is 1.30 bits per heavy atom. The maximum absolute atomic E-state index is 13.0. The quantitative estimate of drug-likeness (QED) is 0.907. The van der Waals surface area contributed by atoms with E-state index < -0.39 is 6.10 Å². The Bertz CT molecular complexity index is 634. The lowest BCUT2D eigenvalue weighted by molar-refractivity contribution is -0.132. The number of carbonyl (C=O) groups excluding carboxylic acids is 1. The normalized spacial score (nSPS) is 17.2. The number of aliphatic hydroxyl groups excluding tert-OH is 1. The predicted octanol–water partition coefficient (Wildman–Crippen LogP) is 2.06. The van der Waals surface area contributed by atoms with E-state index in [2.05, 4.69) is 10.2 Å². The molecule has 2 aromatic rings. The Hall–Kier alpha value is -2.21. The van der Waals surface area contributed by atoms with Crippen molar-refractivity contribution in [3.8, 4) is 0 Å². The van der Waals surface area contributed by atoms with E-state index in [1.807, 2.05) is 4.90 Å². The van der Waals surface area contributed by atoms with E-state index in [1.165, 1.54) is 12.1 Å². The highest BCUT2D eigenvalue weighted by Gasteiger charge is 2.28. The predicted molar refractivity (Wildman–Crippen MR) is 83.0 cm³/mol. The molecule has 1 fully saturated rings. The SMILES string of the molecule is O=C(Cc1ccn[nH]1)N1CCC(C(O)c2ccc(F)cc2)CC1. The molecule has 23 heavy (non-hydrogen) atoms. The molecule has 1 amide bonds. The molecule has 2 N–H and O–H groups in total. The smallest absolute Gasteiger partial charge is 0.228 e. The molecule has 0 spiro atoms. The van der Waals surface area contributed by atoms with Gasteiger partial charge < -0.3 is 10.0 Å². The van der Waals surface area contributed by atoms with E-state index in [0.29, 0.717) is 19.5 Å². The summed E-state index contributed by atoms with van der Waals surface area (Å²) in [7, 11) is 0. The fourth-order valence-electron chi connectivity index (χ4n) is 3.05. The second-order valence-electron chi connectivity index (χ2n) is 5.97. The fourth-order valence-corrected chi connectivity index (χ4v) is 3.05. The summed E-state index contributed by atoms with van der Waals surface area (Å²) >= 11 is 0. The number of piperidine rings is 1. The second-order valence-corrected chi connectivity index (χ2v) is 5.97. The number of H-pyrrole nitrogens is 1. The van der Waals surface area contributed by atoms with Gasteiger partial charge in [-0.1, -0.05) is 12.1 Å². The Morgan fingerprint density at radius 3 is 2.61 bits per heavy atom. The largest absolute Gasteiger partial charge is 0.388 e. The third kappa shape index (κ3) is 3.76. The summed E-state index contributed by atoms with van der Waals surface area (Å²) in [5.41, 5.74) is 1.54. The van der Waals surface area contributed by atoms with Gasteiger partial charge in [-0.3, -0.25) is 9.89 Å². The molecule has 1 aliphatic rings. The van der Waals surface area contributed by atoms with Crippen LogP contribution in [-0.4, -0.2) is 39.2 Å². The van der Waals surface area contributed by atoms with Crippen molar-refractivity contribution in [2.45, 2.75) is 25.4 Å². The van der Waals surface area contributed by atoms with Crippen molar-refractivity contribution in [3.63, 3.8) is 0 Å². The lowest BCUT2D eigenvalue weighted by Crippen LogP contribution is -2.40. The van der Waals surface area contributed by atoms with Gasteiger partial charge in [0, 0.05) is 25.0 Å². The number of hydrogen-bond acceptors (Lipinski definition) is 3. The van der Waals surface area contributed by atoms with Crippen LogP contribution in [0.1, 0.15) is 30.2 Å². The van der Waals surface area contributed by atoms with Gasteiger partial charge in [0.15, 0.2) is 0 Å². The number of aromatic nitrogens is 2. The van der Waals surface area contributed by atoms with E-state index in [-0.39, 0.29) is 17.6 Å². The number of nitrogens with one attached hydrogen (secondary N) is 1. The van der Waals surface area contributed by atoms with Crippen LogP contribution in [0.25, 0.3) is 0 Å². The van der Waals surface area contributed by atoms with E-state index >= 15 is 0 Å². The third-order valence-electron chi connectivity index (χ3n) is 4.45. The van der Waals surface area contributed by atoms with E-state index in [9.17, 15) is 14.3 Å². The molecule has 5 nitrogen and oxygen atoms in total. The zero-order valence-electron chi connectivity index (χ0n) is 12.8. The van der Waals surface area contributed by atoms with Crippen LogP contribution in [0.5, 0.6) is 0 Å². The van der Waals surface area contributed by atoms with Crippen molar-refractivity contribution < 1.29 is 14.3 Å². The highest BCUT2D eigenvalue weighted by Crippen LogP contribution is 2.30. The Morgan fingerprint density at radius 2 is 2.00 bits per heavy atom. The number of hydrogen-bond donors (Lipinski definition) is 2. The second kappa shape index (κ2) is 6.91. The number of aromatic amines is 1. The van der Waals surface area contributed by atoms with Gasteiger partial charge in [0.2, 0.25) is 5.91 Å². The van der Waals surface area contributed by atoms with Crippen LogP contribution < -0.4 is 0 Å². The minimum atomic E-state index is -0.611. The van der Waals surface area contributed by atoms with Crippen molar-refractivity contribution in [1.82, 2.24) is 15.1 Å². The average Bonchev–Trinajstić information content (AvgIpc) is 3.08. The average molecular weight is 317 g/mol. The summed E-state index contributed by atoms with van der Waals surface area (Å²) in [4.78, 5) is 14.1. The topological polar surface area (TPSA) is 69.2 Å². The molecule has 1 aromatic carbocycles. The van der Waals surface area contributed by atoms with Crippen LogP contribution >= 0.6 is 0 Å². The summed E-state index contributed by atoms with van der Waals surface area (Å²) in [6.07, 6.45) is 2.83. The molecule has 1 saturated heterocycles. The summed E-state index contributed by atoms with van der Waals surface area (Å²) in [5.74, 6) is -0.138. The molecule has 0 radical (unpaired) electrons. The standard InChI is InChI=1S/C17H20FN3O2/c18-14-3-1-12(2-4-14)17(23)13-6-9-21(10-7-13)16(22)11-15-5-8-19-20-15/h1-5,8,13,17,23H,6-7,9-11H2,(H,19,20). The van der Waals surface area contributed by atoms with Crippen molar-refractivity contribution >= 4 is 5.91 Å². The molecule has 122 valence electrons. The first-order chi connectivity index (χ1) is 11.1. The maximum Gasteiger partial charge on any atom is 0.228 e. The van der Waals surface area contributed by atoms with Crippen molar-refractivity contribution in [2.75, 3.05) is 13.1 Å². The maximum atomic E-state index is 13.0. The van der Waals surface area contributed by atoms with Crippen LogP contribution in [0.3, 0.4) is 0 Å². The van der Waals surface area contributed by atoms with Crippen LogP contribution in [0.2, 0.25) is 0 Å². The lowest BCUT2D eigenvalue weighted by Gasteiger charge is -2.34. The molecule has 0 saturated carbocycles. The molecule has 6 heteroatoms. The number of carbonyl (C=O) groups is 1. The van der Waals surface area contributed by atoms with Gasteiger partial charge in [-0.15, -0.1) is 0 Å². The molecule has 0 aliphatic carbocycles. The number of likely N-dealkylation sites (tertiary alicyclic amines) is 1. The Kier molecular flexibility index (Phi) is 4.71. The Balaban J connectivity index is 1.53. The molecule has 1 unspecified atom stereocenters. The van der Waals surface area contributed by atoms with Crippen molar-refractivity contribution in [2.24, 2.45) is 5.92 Å². The molecule has 0 bridgehead atoms. The van der Waals surface area contributed by atoms with Crippen molar-refractivity contribution in [3.05, 3.63) is 53.6 Å². The number of halogens is 1. The summed E-state index contributed by atoms with van der Waals surface area (Å²) in [5, 5.41) is 17.1. The number of benzene rings is 1. The number of rotatable bonds is 4. The summed E-state index contributed by atoms with van der Waals surface area (Å²) < 4.78 is 13.0. The fraction of sp³-hybridized carbons (Fsp3) is 0.412. The minimum Gasteiger partial charge on any atom is -0.388 e. The number of aliphatic hydroxyl groups is 1. The minimum absolute atomic E-state index is 0.0731. The molecule has 2 heterocycles. The van der Waals surface area contributed by atoms with Gasteiger partial charge in [0.05, 0.1) is 12.5 Å². The number of nitrogens with zero attached hydrogens (tertiary/aromatic N) is 2. The molecule has 1 atom stereocenters. The monoisotopic (exact) mass is 317 g/mol. The van der Waals surface area contributed by atoms with Gasteiger partial charge in [-0.25, -0.2) is 4.39 Å². The van der Waals surface area contributed by atoms with Gasteiger partial charge >= 0.3 is 0 Å². The van der Waals surface area contributed by atoms with E-state index in [0.717, 1.165) is 24.1 Å². The molecule has 1 aliphatic heterocycles. The third-order valence-corrected chi connectivity index (χ3v) is 4.45. The Labute approximate surface area is 134 Å². The molecular weight excluding hydrogens is 297 g/mol. The first-order valence-electron chi connectivity index (χ1n) is 7.83. The van der Waals surface area contributed by atoms with E-state index in [1.54, 1.807) is 24.4 Å². The highest BCUT2D eigenvalue weighted by atomic mass is 19.1. The van der Waals surface area contributed by atoms with Gasteiger partial charge in [-0.05, 0) is 42.5 Å². The summed E-state index contributed by atoms with van der Waals surface area (Å²) in [6, 6.07) is 7.76. The van der Waals surface area contributed by atoms with Gasteiger partial charge in [0.25, 0.3) is 0 Å². The van der Waals surface area contributed by atoms with Crippen LogP contribution in [0, 0.1) is 11.7 Å². The highest BCUT2D eigenvalue weighted by molar-refractivity contribution is 5.78. The molecular formula is C17H20FN3O2. The van der Waals surface area contributed by atoms with Crippen LogP contribution in [-0.2, 0) is 11.2 Å². The first-order valence-corrected chi connectivity index (χ1v) is 7.83. The van der Waals surface area contributed by atoms with Crippen molar-refractivity contribution in [1.29, 1.82) is 0 Å². The zero-order valence-corrected chi connectivity index (χ0v) is 12.8. The van der Waals surface area contributed by atoms with Gasteiger partial charge in [-0.2, -0.15) is 5.10 Å².